The summed E-state index contributed by atoms with van der Waals surface area (Å²) in [6.45, 7) is 6.58. The lowest BCUT2D eigenvalue weighted by atomic mass is 9.90. The lowest BCUT2D eigenvalue weighted by Crippen LogP contribution is -2.44. The smallest absolute Gasteiger partial charge is 0.227 e. The minimum Gasteiger partial charge on any atom is -0.327 e. The van der Waals surface area contributed by atoms with Crippen LogP contribution in [0.5, 0.6) is 0 Å². The van der Waals surface area contributed by atoms with Crippen LogP contribution in [0.1, 0.15) is 46.5 Å². The molecule has 92 valence electrons. The van der Waals surface area contributed by atoms with Crippen molar-refractivity contribution in [2.24, 2.45) is 11.8 Å². The fourth-order valence-corrected chi connectivity index (χ4v) is 4.53. The Kier molecular flexibility index (Phi) is 3.83. The second-order valence-corrected chi connectivity index (χ2v) is 6.59. The summed E-state index contributed by atoms with van der Waals surface area (Å²) in [4.78, 5) is 14.8. The predicted molar refractivity (Wildman–Crippen MR) is 69.4 cm³/mol. The number of fused-ring (bicyclic) bond motifs is 1. The summed E-state index contributed by atoms with van der Waals surface area (Å²) in [5.41, 5.74) is 0. The highest BCUT2D eigenvalue weighted by atomic mass is 32.2. The molecule has 2 rings (SSSR count). The number of carbonyl (C=O) groups is 1. The van der Waals surface area contributed by atoms with Crippen LogP contribution >= 0.6 is 11.8 Å². The summed E-state index contributed by atoms with van der Waals surface area (Å²) in [5.74, 6) is 2.36. The Hall–Kier alpha value is -0.180. The Balaban J connectivity index is 2.18. The average molecular weight is 241 g/mol. The summed E-state index contributed by atoms with van der Waals surface area (Å²) in [6, 6.07) is 0.502. The van der Waals surface area contributed by atoms with Crippen LogP contribution in [-0.4, -0.2) is 28.0 Å². The first-order valence-corrected chi connectivity index (χ1v) is 7.63. The number of thioether (sulfide) groups is 1. The van der Waals surface area contributed by atoms with E-state index in [2.05, 4.69) is 25.7 Å². The maximum absolute atomic E-state index is 12.6. The zero-order valence-corrected chi connectivity index (χ0v) is 11.4. The van der Waals surface area contributed by atoms with Gasteiger partial charge in [-0.05, 0) is 31.6 Å². The highest BCUT2D eigenvalue weighted by Crippen LogP contribution is 2.39. The molecule has 0 spiro atoms. The van der Waals surface area contributed by atoms with Gasteiger partial charge in [-0.25, -0.2) is 0 Å². The minimum absolute atomic E-state index is 0.276. The molecule has 0 unspecified atom stereocenters. The van der Waals surface area contributed by atoms with E-state index in [-0.39, 0.29) is 5.92 Å². The molecule has 0 aromatic rings. The highest BCUT2D eigenvalue weighted by molar-refractivity contribution is 8.00. The van der Waals surface area contributed by atoms with Gasteiger partial charge in [0.05, 0.1) is 5.37 Å². The molecule has 3 atom stereocenters. The van der Waals surface area contributed by atoms with Crippen LogP contribution in [0.2, 0.25) is 0 Å². The van der Waals surface area contributed by atoms with Gasteiger partial charge in [0, 0.05) is 17.7 Å². The molecule has 0 aromatic carbocycles. The molecule has 2 aliphatic rings. The number of rotatable bonds is 2. The molecule has 0 saturated carbocycles. The Morgan fingerprint density at radius 3 is 2.81 bits per heavy atom. The molecule has 2 aliphatic heterocycles. The van der Waals surface area contributed by atoms with E-state index in [0.717, 1.165) is 18.6 Å². The summed E-state index contributed by atoms with van der Waals surface area (Å²) in [5, 5.41) is 0.487. The Bertz CT molecular complexity index is 267. The molecular formula is C13H23NOS. The van der Waals surface area contributed by atoms with Crippen LogP contribution in [0, 0.1) is 11.8 Å². The Morgan fingerprint density at radius 2 is 2.19 bits per heavy atom. The lowest BCUT2D eigenvalue weighted by Gasteiger charge is -2.30. The van der Waals surface area contributed by atoms with Gasteiger partial charge in [-0.1, -0.05) is 20.8 Å². The van der Waals surface area contributed by atoms with Crippen LogP contribution in [0.3, 0.4) is 0 Å². The lowest BCUT2D eigenvalue weighted by molar-refractivity contribution is -0.138. The molecule has 0 N–H and O–H groups in total. The van der Waals surface area contributed by atoms with E-state index in [4.69, 9.17) is 0 Å². The second kappa shape index (κ2) is 4.99. The van der Waals surface area contributed by atoms with Crippen molar-refractivity contribution in [1.29, 1.82) is 0 Å². The van der Waals surface area contributed by atoms with E-state index in [0.29, 0.717) is 23.2 Å². The van der Waals surface area contributed by atoms with E-state index in [1.165, 1.54) is 12.8 Å². The largest absolute Gasteiger partial charge is 0.327 e. The zero-order valence-electron chi connectivity index (χ0n) is 10.6. The molecule has 0 bridgehead atoms. The summed E-state index contributed by atoms with van der Waals surface area (Å²) in [6.07, 6.45) is 4.63. The highest BCUT2D eigenvalue weighted by Gasteiger charge is 2.41. The van der Waals surface area contributed by atoms with E-state index in [9.17, 15) is 4.79 Å². The van der Waals surface area contributed by atoms with Crippen LogP contribution in [0.25, 0.3) is 0 Å². The van der Waals surface area contributed by atoms with Gasteiger partial charge in [-0.3, -0.25) is 4.79 Å². The molecule has 2 fully saturated rings. The zero-order chi connectivity index (χ0) is 11.7. The molecular weight excluding hydrogens is 218 g/mol. The van der Waals surface area contributed by atoms with Crippen molar-refractivity contribution in [2.45, 2.75) is 57.9 Å². The van der Waals surface area contributed by atoms with Gasteiger partial charge in [0.15, 0.2) is 0 Å². The first-order valence-electron chi connectivity index (χ1n) is 6.59. The third-order valence-corrected chi connectivity index (χ3v) is 5.42. The second-order valence-electron chi connectivity index (χ2n) is 5.38. The fraction of sp³-hybridized carbons (Fsp3) is 0.923. The molecule has 1 amide bonds. The molecule has 16 heavy (non-hydrogen) atoms. The van der Waals surface area contributed by atoms with Gasteiger partial charge < -0.3 is 4.90 Å². The van der Waals surface area contributed by atoms with Crippen molar-refractivity contribution in [1.82, 2.24) is 4.90 Å². The molecule has 3 heteroatoms. The van der Waals surface area contributed by atoms with Crippen LogP contribution in [0.4, 0.5) is 0 Å². The molecule has 2 heterocycles. The van der Waals surface area contributed by atoms with E-state index in [1.54, 1.807) is 0 Å². The number of amides is 1. The van der Waals surface area contributed by atoms with Crippen molar-refractivity contribution < 1.29 is 4.79 Å². The van der Waals surface area contributed by atoms with Crippen molar-refractivity contribution in [3.63, 3.8) is 0 Å². The van der Waals surface area contributed by atoms with Gasteiger partial charge in [0.2, 0.25) is 5.91 Å². The van der Waals surface area contributed by atoms with Crippen molar-refractivity contribution in [3.05, 3.63) is 0 Å². The quantitative estimate of drug-likeness (QED) is 0.740. The standard InChI is InChI=1S/C13H23NOS/c1-4-10-8-16-12-7-5-6-11(9(2)3)13(15)14(10)12/h9-12H,4-8H2,1-3H3/t10-,11-,12-/m1/s1. The van der Waals surface area contributed by atoms with Crippen molar-refractivity contribution >= 4 is 17.7 Å². The third kappa shape index (κ3) is 2.11. The van der Waals surface area contributed by atoms with Crippen LogP contribution in [-0.2, 0) is 4.79 Å². The SMILES string of the molecule is CC[C@@H]1CS[C@@H]2CCC[C@H](C(C)C)C(=O)N12. The minimum atomic E-state index is 0.276. The van der Waals surface area contributed by atoms with E-state index < -0.39 is 0 Å². The fourth-order valence-electron chi connectivity index (χ4n) is 2.92. The van der Waals surface area contributed by atoms with Gasteiger partial charge in [-0.2, -0.15) is 0 Å². The van der Waals surface area contributed by atoms with Crippen molar-refractivity contribution in [2.75, 3.05) is 5.75 Å². The van der Waals surface area contributed by atoms with Crippen molar-refractivity contribution in [3.8, 4) is 0 Å². The Labute approximate surface area is 103 Å². The van der Waals surface area contributed by atoms with E-state index in [1.807, 2.05) is 11.8 Å². The van der Waals surface area contributed by atoms with Gasteiger partial charge >= 0.3 is 0 Å². The van der Waals surface area contributed by atoms with Gasteiger partial charge in [0.25, 0.3) is 0 Å². The van der Waals surface area contributed by atoms with Gasteiger partial charge in [0.1, 0.15) is 0 Å². The number of carbonyl (C=O) groups excluding carboxylic acids is 1. The van der Waals surface area contributed by atoms with E-state index >= 15 is 0 Å². The maximum atomic E-state index is 12.6. The third-order valence-electron chi connectivity index (χ3n) is 4.00. The maximum Gasteiger partial charge on any atom is 0.227 e. The molecule has 0 aliphatic carbocycles. The summed E-state index contributed by atoms with van der Waals surface area (Å²) in [7, 11) is 0. The van der Waals surface area contributed by atoms with Crippen LogP contribution in [0.15, 0.2) is 0 Å². The monoisotopic (exact) mass is 241 g/mol. The predicted octanol–water partition coefficient (Wildman–Crippen LogP) is 3.12. The summed E-state index contributed by atoms with van der Waals surface area (Å²) >= 11 is 1.99. The molecule has 0 radical (unpaired) electrons. The molecule has 2 nitrogen and oxygen atoms in total. The summed E-state index contributed by atoms with van der Waals surface area (Å²) < 4.78 is 0. The number of hydrogen-bond acceptors (Lipinski definition) is 2. The topological polar surface area (TPSA) is 20.3 Å². The Morgan fingerprint density at radius 1 is 1.44 bits per heavy atom. The average Bonchev–Trinajstić information content (AvgIpc) is 2.58. The van der Waals surface area contributed by atoms with Crippen LogP contribution < -0.4 is 0 Å². The molecule has 0 aromatic heterocycles. The normalized spacial score (nSPS) is 35.4. The first kappa shape index (κ1) is 12.3. The van der Waals surface area contributed by atoms with Gasteiger partial charge in [-0.15, -0.1) is 11.8 Å². The number of nitrogens with zero attached hydrogens (tertiary/aromatic N) is 1. The molecule has 2 saturated heterocycles. The first-order chi connectivity index (χ1) is 7.65. The number of hydrogen-bond donors (Lipinski definition) is 0.